The lowest BCUT2D eigenvalue weighted by Crippen LogP contribution is -2.03. The number of halogens is 2. The maximum Gasteiger partial charge on any atom is 0.143 e. The van der Waals surface area contributed by atoms with Crippen molar-refractivity contribution < 1.29 is 9.50 Å². The van der Waals surface area contributed by atoms with E-state index in [0.717, 1.165) is 10.9 Å². The highest BCUT2D eigenvalue weighted by molar-refractivity contribution is 9.10. The average Bonchev–Trinajstić information content (AvgIpc) is 2.49. The number of pyridine rings is 1. The fourth-order valence-electron chi connectivity index (χ4n) is 2.15. The molecule has 0 amide bonds. The Labute approximate surface area is 124 Å². The Balaban J connectivity index is 2.08. The SMILES string of the molecule is OC(c1cnc2ccccc2c1)c1cccc(Br)c1F. The summed E-state index contributed by atoms with van der Waals surface area (Å²) < 4.78 is 14.4. The van der Waals surface area contributed by atoms with E-state index in [1.165, 1.54) is 0 Å². The minimum atomic E-state index is -1.04. The Morgan fingerprint density at radius 1 is 1.10 bits per heavy atom. The molecule has 3 rings (SSSR count). The predicted octanol–water partition coefficient (Wildman–Crippen LogP) is 4.22. The molecule has 0 aliphatic rings. The number of hydrogen-bond acceptors (Lipinski definition) is 2. The van der Waals surface area contributed by atoms with Crippen molar-refractivity contribution >= 4 is 26.8 Å². The van der Waals surface area contributed by atoms with Gasteiger partial charge in [-0.25, -0.2) is 4.39 Å². The van der Waals surface area contributed by atoms with Gasteiger partial charge in [-0.05, 0) is 34.1 Å². The fourth-order valence-corrected chi connectivity index (χ4v) is 2.53. The molecule has 4 heteroatoms. The third kappa shape index (κ3) is 2.32. The Morgan fingerprint density at radius 3 is 2.75 bits per heavy atom. The molecule has 100 valence electrons. The lowest BCUT2D eigenvalue weighted by Gasteiger charge is -2.13. The first-order chi connectivity index (χ1) is 9.66. The molecule has 3 aromatic rings. The van der Waals surface area contributed by atoms with Crippen LogP contribution in [0.1, 0.15) is 17.2 Å². The molecule has 20 heavy (non-hydrogen) atoms. The molecule has 1 N–H and O–H groups in total. The summed E-state index contributed by atoms with van der Waals surface area (Å²) in [6, 6.07) is 14.3. The van der Waals surface area contributed by atoms with Gasteiger partial charge in [0.25, 0.3) is 0 Å². The smallest absolute Gasteiger partial charge is 0.143 e. The zero-order valence-electron chi connectivity index (χ0n) is 10.4. The second-order valence-corrected chi connectivity index (χ2v) is 5.36. The first kappa shape index (κ1) is 13.2. The van der Waals surface area contributed by atoms with Gasteiger partial charge in [0.1, 0.15) is 11.9 Å². The highest BCUT2D eigenvalue weighted by Gasteiger charge is 2.17. The molecule has 2 aromatic carbocycles. The van der Waals surface area contributed by atoms with Crippen LogP contribution in [-0.4, -0.2) is 10.1 Å². The highest BCUT2D eigenvalue weighted by atomic mass is 79.9. The molecular formula is C16H11BrFNO. The minimum Gasteiger partial charge on any atom is -0.383 e. The van der Waals surface area contributed by atoms with Crippen LogP contribution in [0.3, 0.4) is 0 Å². The Hall–Kier alpha value is -1.78. The number of aliphatic hydroxyl groups is 1. The Morgan fingerprint density at radius 2 is 1.90 bits per heavy atom. The van der Waals surface area contributed by atoms with Gasteiger partial charge < -0.3 is 5.11 Å². The van der Waals surface area contributed by atoms with E-state index in [2.05, 4.69) is 20.9 Å². The second-order valence-electron chi connectivity index (χ2n) is 4.51. The number of para-hydroxylation sites is 1. The van der Waals surface area contributed by atoms with E-state index in [1.54, 1.807) is 24.4 Å². The van der Waals surface area contributed by atoms with Gasteiger partial charge in [0.2, 0.25) is 0 Å². The summed E-state index contributed by atoms with van der Waals surface area (Å²) in [5.74, 6) is -0.451. The molecule has 0 aliphatic heterocycles. The number of hydrogen-bond donors (Lipinski definition) is 1. The second kappa shape index (κ2) is 5.31. The zero-order valence-corrected chi connectivity index (χ0v) is 12.0. The normalized spacial score (nSPS) is 12.6. The van der Waals surface area contributed by atoms with Gasteiger partial charge in [0.15, 0.2) is 0 Å². The maximum absolute atomic E-state index is 14.0. The summed E-state index contributed by atoms with van der Waals surface area (Å²) in [4.78, 5) is 4.29. The van der Waals surface area contributed by atoms with Crippen molar-refractivity contribution in [2.75, 3.05) is 0 Å². The third-order valence-electron chi connectivity index (χ3n) is 3.20. The number of nitrogens with zero attached hydrogens (tertiary/aromatic N) is 1. The number of rotatable bonds is 2. The summed E-state index contributed by atoms with van der Waals surface area (Å²) in [6.45, 7) is 0. The highest BCUT2D eigenvalue weighted by Crippen LogP contribution is 2.29. The van der Waals surface area contributed by atoms with Crippen LogP contribution in [0.5, 0.6) is 0 Å². The summed E-state index contributed by atoms with van der Waals surface area (Å²) in [5, 5.41) is 11.3. The lowest BCUT2D eigenvalue weighted by atomic mass is 10.0. The summed E-state index contributed by atoms with van der Waals surface area (Å²) in [7, 11) is 0. The maximum atomic E-state index is 14.0. The van der Waals surface area contributed by atoms with E-state index < -0.39 is 11.9 Å². The molecule has 0 bridgehead atoms. The van der Waals surface area contributed by atoms with Crippen LogP contribution in [-0.2, 0) is 0 Å². The van der Waals surface area contributed by atoms with Crippen LogP contribution < -0.4 is 0 Å². The topological polar surface area (TPSA) is 33.1 Å². The molecule has 0 radical (unpaired) electrons. The van der Waals surface area contributed by atoms with Gasteiger partial charge in [-0.2, -0.15) is 0 Å². The lowest BCUT2D eigenvalue weighted by molar-refractivity contribution is 0.214. The van der Waals surface area contributed by atoms with Crippen LogP contribution in [0, 0.1) is 5.82 Å². The first-order valence-electron chi connectivity index (χ1n) is 6.13. The molecule has 0 saturated heterocycles. The first-order valence-corrected chi connectivity index (χ1v) is 6.93. The fraction of sp³-hybridized carbons (Fsp3) is 0.0625. The molecule has 1 unspecified atom stereocenters. The van der Waals surface area contributed by atoms with Gasteiger partial charge in [0.05, 0.1) is 9.99 Å². The van der Waals surface area contributed by atoms with E-state index in [1.807, 2.05) is 30.3 Å². The van der Waals surface area contributed by atoms with Crippen molar-refractivity contribution in [2.45, 2.75) is 6.10 Å². The van der Waals surface area contributed by atoms with Crippen LogP contribution in [0.4, 0.5) is 4.39 Å². The Bertz CT molecular complexity index is 775. The third-order valence-corrected chi connectivity index (χ3v) is 3.82. The summed E-state index contributed by atoms with van der Waals surface area (Å²) >= 11 is 3.12. The van der Waals surface area contributed by atoms with E-state index in [-0.39, 0.29) is 5.56 Å². The standard InChI is InChI=1S/C16H11BrFNO/c17-13-6-3-5-12(15(13)18)16(20)11-8-10-4-1-2-7-14(10)19-9-11/h1-9,16,20H. The van der Waals surface area contributed by atoms with Crippen molar-refractivity contribution in [3.8, 4) is 0 Å². The van der Waals surface area contributed by atoms with Crippen molar-refractivity contribution in [1.29, 1.82) is 0 Å². The Kier molecular flexibility index (Phi) is 3.51. The number of benzene rings is 2. The number of aliphatic hydroxyl groups excluding tert-OH is 1. The van der Waals surface area contributed by atoms with Gasteiger partial charge in [-0.1, -0.05) is 30.3 Å². The predicted molar refractivity (Wildman–Crippen MR) is 79.9 cm³/mol. The monoisotopic (exact) mass is 331 g/mol. The summed E-state index contributed by atoms with van der Waals surface area (Å²) in [5.41, 5.74) is 1.65. The van der Waals surface area contributed by atoms with Crippen LogP contribution in [0.2, 0.25) is 0 Å². The van der Waals surface area contributed by atoms with Crippen molar-refractivity contribution in [3.05, 3.63) is 76.1 Å². The van der Waals surface area contributed by atoms with Gasteiger partial charge in [0, 0.05) is 22.7 Å². The zero-order chi connectivity index (χ0) is 14.1. The minimum absolute atomic E-state index is 0.233. The number of fused-ring (bicyclic) bond motifs is 1. The van der Waals surface area contributed by atoms with E-state index in [9.17, 15) is 9.50 Å². The molecule has 2 nitrogen and oxygen atoms in total. The van der Waals surface area contributed by atoms with Crippen LogP contribution in [0.25, 0.3) is 10.9 Å². The molecule has 0 fully saturated rings. The van der Waals surface area contributed by atoms with E-state index in [4.69, 9.17) is 0 Å². The largest absolute Gasteiger partial charge is 0.383 e. The average molecular weight is 332 g/mol. The molecule has 1 aromatic heterocycles. The molecule has 1 atom stereocenters. The van der Waals surface area contributed by atoms with Gasteiger partial charge in [-0.15, -0.1) is 0 Å². The van der Waals surface area contributed by atoms with E-state index in [0.29, 0.717) is 10.0 Å². The quantitative estimate of drug-likeness (QED) is 0.762. The summed E-state index contributed by atoms with van der Waals surface area (Å²) in [6.07, 6.45) is 0.539. The molecular weight excluding hydrogens is 321 g/mol. The molecule has 0 saturated carbocycles. The van der Waals surface area contributed by atoms with Crippen LogP contribution >= 0.6 is 15.9 Å². The van der Waals surface area contributed by atoms with Crippen molar-refractivity contribution in [3.63, 3.8) is 0 Å². The molecule has 1 heterocycles. The van der Waals surface area contributed by atoms with Crippen LogP contribution in [0.15, 0.2) is 59.2 Å². The molecule has 0 spiro atoms. The van der Waals surface area contributed by atoms with Crippen molar-refractivity contribution in [2.24, 2.45) is 0 Å². The number of aromatic nitrogens is 1. The van der Waals surface area contributed by atoms with Crippen molar-refractivity contribution in [1.82, 2.24) is 4.98 Å². The molecule has 0 aliphatic carbocycles. The van der Waals surface area contributed by atoms with Gasteiger partial charge in [-0.3, -0.25) is 4.98 Å². The van der Waals surface area contributed by atoms with E-state index >= 15 is 0 Å². The van der Waals surface area contributed by atoms with Gasteiger partial charge >= 0.3 is 0 Å².